The average molecular weight is 561 g/mol. The molecule has 0 saturated heterocycles. The Hall–Kier alpha value is -5.42. The van der Waals surface area contributed by atoms with E-state index < -0.39 is 5.91 Å². The van der Waals surface area contributed by atoms with Crippen LogP contribution in [-0.4, -0.2) is 16.0 Å². The molecule has 6 aromatic carbocycles. The van der Waals surface area contributed by atoms with Crippen LogP contribution in [-0.2, 0) is 6.42 Å². The minimum atomic E-state index is -0.498. The fraction of sp³-hybridized carbons (Fsp3) is 0.105. The highest BCUT2D eigenvalue weighted by molar-refractivity contribution is 6.12. The third-order valence-corrected chi connectivity index (χ3v) is 9.04. The van der Waals surface area contributed by atoms with E-state index in [0.29, 0.717) is 27.9 Å². The highest BCUT2D eigenvalue weighted by Gasteiger charge is 2.29. The molecule has 1 unspecified atom stereocenters. The number of carbonyl (C=O) groups is 1. The third-order valence-electron chi connectivity index (χ3n) is 9.04. The van der Waals surface area contributed by atoms with Crippen LogP contribution in [0.4, 0.5) is 5.69 Å². The quantitative estimate of drug-likeness (QED) is 0.186. The molecule has 1 aromatic heterocycles. The first-order valence-electron chi connectivity index (χ1n) is 14.7. The lowest BCUT2D eigenvalue weighted by Gasteiger charge is -2.33. The van der Waals surface area contributed by atoms with Crippen molar-refractivity contribution in [3.63, 3.8) is 0 Å². The zero-order valence-electron chi connectivity index (χ0n) is 23.4. The Bertz CT molecular complexity index is 2320. The Balaban J connectivity index is 0.000000135. The van der Waals surface area contributed by atoms with Crippen molar-refractivity contribution in [2.45, 2.75) is 25.2 Å². The van der Waals surface area contributed by atoms with E-state index >= 15 is 0 Å². The van der Waals surface area contributed by atoms with Crippen molar-refractivity contribution in [2.75, 3.05) is 5.32 Å². The van der Waals surface area contributed by atoms with Gasteiger partial charge in [0.15, 0.2) is 0 Å². The minimum absolute atomic E-state index is 0.0380. The zero-order chi connectivity index (χ0) is 29.1. The normalized spacial score (nSPS) is 14.7. The first kappa shape index (κ1) is 25.3. The van der Waals surface area contributed by atoms with Gasteiger partial charge in [-0.3, -0.25) is 9.59 Å². The van der Waals surface area contributed by atoms with Crippen LogP contribution in [0.3, 0.4) is 0 Å². The monoisotopic (exact) mass is 560 g/mol. The van der Waals surface area contributed by atoms with Crippen LogP contribution in [0.2, 0.25) is 0 Å². The smallest absolute Gasteiger partial charge is 0.261 e. The summed E-state index contributed by atoms with van der Waals surface area (Å²) in [5.41, 5.74) is 5.74. The van der Waals surface area contributed by atoms with Crippen LogP contribution in [0.1, 0.15) is 45.8 Å². The van der Waals surface area contributed by atoms with Crippen LogP contribution in [0.25, 0.3) is 43.2 Å². The Kier molecular flexibility index (Phi) is 5.79. The van der Waals surface area contributed by atoms with E-state index in [0.717, 1.165) is 5.39 Å². The number of nitrogens with one attached hydrogen (secondary N) is 2. The van der Waals surface area contributed by atoms with Gasteiger partial charge in [-0.05, 0) is 99.3 Å². The van der Waals surface area contributed by atoms with Crippen molar-refractivity contribution in [1.82, 2.24) is 4.98 Å². The summed E-state index contributed by atoms with van der Waals surface area (Å²) in [6.45, 7) is 0. The molecule has 9 rings (SSSR count). The number of rotatable bonds is 2. The minimum Gasteiger partial charge on any atom is -0.507 e. The molecule has 5 heteroatoms. The highest BCUT2D eigenvalue weighted by Crippen LogP contribution is 2.48. The molecule has 5 nitrogen and oxygen atoms in total. The van der Waals surface area contributed by atoms with Gasteiger partial charge in [-0.2, -0.15) is 0 Å². The number of H-pyrrole nitrogens is 1. The number of benzene rings is 6. The van der Waals surface area contributed by atoms with Gasteiger partial charge < -0.3 is 15.4 Å². The van der Waals surface area contributed by atoms with E-state index in [4.69, 9.17) is 0 Å². The first-order chi connectivity index (χ1) is 21.1. The number of hydrogen-bond acceptors (Lipinski definition) is 3. The summed E-state index contributed by atoms with van der Waals surface area (Å²) in [6, 6.07) is 33.6. The molecule has 5 bridgehead atoms. The van der Waals surface area contributed by atoms with E-state index in [1.807, 2.05) is 12.1 Å². The van der Waals surface area contributed by atoms with Crippen LogP contribution < -0.4 is 10.7 Å². The van der Waals surface area contributed by atoms with E-state index in [1.54, 1.807) is 65.2 Å². The van der Waals surface area contributed by atoms with Gasteiger partial charge in [0.25, 0.3) is 5.91 Å². The maximum atomic E-state index is 12.5. The predicted molar refractivity (Wildman–Crippen MR) is 174 cm³/mol. The molecule has 0 spiro atoms. The second-order valence-electron chi connectivity index (χ2n) is 11.4. The van der Waals surface area contributed by atoms with Crippen molar-refractivity contribution in [2.24, 2.45) is 0 Å². The summed E-state index contributed by atoms with van der Waals surface area (Å²) in [7, 11) is 0. The Morgan fingerprint density at radius 1 is 0.744 bits per heavy atom. The molecule has 0 aliphatic heterocycles. The van der Waals surface area contributed by atoms with E-state index in [2.05, 4.69) is 52.8 Å². The summed E-state index contributed by atoms with van der Waals surface area (Å²) >= 11 is 0. The predicted octanol–water partition coefficient (Wildman–Crippen LogP) is 8.41. The van der Waals surface area contributed by atoms with Crippen molar-refractivity contribution in [1.29, 1.82) is 0 Å². The number of anilines is 1. The average Bonchev–Trinajstić information content (AvgIpc) is 3.03. The molecule has 1 heterocycles. The number of pyridine rings is 1. The fourth-order valence-corrected chi connectivity index (χ4v) is 7.01. The van der Waals surface area contributed by atoms with E-state index in [-0.39, 0.29) is 16.7 Å². The summed E-state index contributed by atoms with van der Waals surface area (Å²) in [4.78, 5) is 28.0. The maximum Gasteiger partial charge on any atom is 0.261 e. The van der Waals surface area contributed by atoms with E-state index in [1.165, 1.54) is 47.0 Å². The summed E-state index contributed by atoms with van der Waals surface area (Å²) in [6.07, 6.45) is 5.37. The maximum absolute atomic E-state index is 12.5. The molecular formula is C38H28N2O3. The SMILES string of the molecule is O=C(Nc1ccc2cccc(O)c2c1)c1c[nH]c2ccccc2c1=O.c1ccc2c(c1)c1cc3c4c(ccc32)C1CCC4. The molecule has 7 aromatic rings. The van der Waals surface area contributed by atoms with Gasteiger partial charge in [0.2, 0.25) is 5.43 Å². The van der Waals surface area contributed by atoms with E-state index in [9.17, 15) is 14.7 Å². The summed E-state index contributed by atoms with van der Waals surface area (Å²) in [5, 5.41) is 20.5. The van der Waals surface area contributed by atoms with Crippen LogP contribution in [0.15, 0.2) is 114 Å². The topological polar surface area (TPSA) is 82.2 Å². The summed E-state index contributed by atoms with van der Waals surface area (Å²) < 4.78 is 0. The van der Waals surface area contributed by atoms with Crippen molar-refractivity contribution >= 4 is 54.8 Å². The van der Waals surface area contributed by atoms with Gasteiger partial charge in [0.05, 0.1) is 0 Å². The molecule has 43 heavy (non-hydrogen) atoms. The highest BCUT2D eigenvalue weighted by atomic mass is 16.3. The number of aromatic nitrogens is 1. The largest absolute Gasteiger partial charge is 0.507 e. The second-order valence-corrected chi connectivity index (χ2v) is 11.4. The van der Waals surface area contributed by atoms with Gasteiger partial charge in [-0.1, -0.05) is 66.7 Å². The molecular weight excluding hydrogens is 532 g/mol. The van der Waals surface area contributed by atoms with Gasteiger partial charge in [0, 0.05) is 34.1 Å². The fourth-order valence-electron chi connectivity index (χ4n) is 7.01. The molecule has 2 aliphatic carbocycles. The second kappa shape index (κ2) is 9.85. The molecule has 208 valence electrons. The van der Waals surface area contributed by atoms with Gasteiger partial charge in [-0.15, -0.1) is 0 Å². The number of aryl methyl sites for hydroxylation is 1. The molecule has 0 saturated carbocycles. The number of para-hydroxylation sites is 1. The lowest BCUT2D eigenvalue weighted by atomic mass is 9.71. The number of fused-ring (bicyclic) bond motifs is 7. The Labute approximate surface area is 247 Å². The Morgan fingerprint density at radius 2 is 1.53 bits per heavy atom. The van der Waals surface area contributed by atoms with Crippen LogP contribution in [0, 0.1) is 0 Å². The number of amides is 1. The lowest BCUT2D eigenvalue weighted by Crippen LogP contribution is -2.21. The molecule has 3 N–H and O–H groups in total. The molecule has 2 aliphatic rings. The van der Waals surface area contributed by atoms with Crippen LogP contribution >= 0.6 is 0 Å². The van der Waals surface area contributed by atoms with Crippen LogP contribution in [0.5, 0.6) is 5.75 Å². The number of phenolic OH excluding ortho intramolecular Hbond substituents is 1. The number of phenols is 1. The third kappa shape index (κ3) is 4.08. The number of aromatic amines is 1. The number of aromatic hydroxyl groups is 1. The molecule has 1 atom stereocenters. The standard InChI is InChI=1S/C20H14N2O3.C18H14/c23-18-7-3-4-12-8-9-13(10-15(12)18)22-20(25)16-11-21-17-6-2-1-5-14(17)19(16)24;1-2-5-12-11(4-1)16-9-8-15-13-6-3-7-14(15)18(16)10-17(12)13/h1-11,23H,(H,21,24)(H,22,25);1-2,4-5,8-10,13H,3,6-7H2. The van der Waals surface area contributed by atoms with Gasteiger partial charge in [0.1, 0.15) is 11.3 Å². The lowest BCUT2D eigenvalue weighted by molar-refractivity contribution is 0.102. The van der Waals surface area contributed by atoms with Gasteiger partial charge >= 0.3 is 0 Å². The summed E-state index contributed by atoms with van der Waals surface area (Å²) in [5.74, 6) is 0.302. The first-order valence-corrected chi connectivity index (χ1v) is 14.7. The molecule has 0 radical (unpaired) electrons. The van der Waals surface area contributed by atoms with Gasteiger partial charge in [-0.25, -0.2) is 0 Å². The van der Waals surface area contributed by atoms with Crippen molar-refractivity contribution in [3.05, 3.63) is 142 Å². The molecule has 0 fully saturated rings. The number of hydrogen-bond donors (Lipinski definition) is 3. The van der Waals surface area contributed by atoms with Crippen molar-refractivity contribution in [3.8, 4) is 5.75 Å². The zero-order valence-corrected chi connectivity index (χ0v) is 23.4. The Morgan fingerprint density at radius 3 is 2.42 bits per heavy atom. The molecule has 1 amide bonds. The number of carbonyl (C=O) groups excluding carboxylic acids is 1. The van der Waals surface area contributed by atoms with Crippen molar-refractivity contribution < 1.29 is 9.90 Å².